The minimum atomic E-state index is -0.463. The van der Waals surface area contributed by atoms with E-state index in [1.165, 1.54) is 18.4 Å². The first-order chi connectivity index (χ1) is 7.70. The standard InChI is InChI=1S/C10H9N3O3/c1-11-10-6-7(13(14)15)5-8(12-10)9-3-2-4-16-9/h2-6H,1H3,(H,11,12). The number of aromatic nitrogens is 1. The van der Waals surface area contributed by atoms with E-state index in [9.17, 15) is 10.1 Å². The summed E-state index contributed by atoms with van der Waals surface area (Å²) in [7, 11) is 1.65. The van der Waals surface area contributed by atoms with Gasteiger partial charge in [0.05, 0.1) is 17.3 Å². The predicted molar refractivity (Wildman–Crippen MR) is 58.1 cm³/mol. The second-order valence-corrected chi connectivity index (χ2v) is 3.08. The van der Waals surface area contributed by atoms with Gasteiger partial charge < -0.3 is 9.73 Å². The van der Waals surface area contributed by atoms with Gasteiger partial charge in [-0.25, -0.2) is 4.98 Å². The first-order valence-corrected chi connectivity index (χ1v) is 4.59. The molecule has 82 valence electrons. The summed E-state index contributed by atoms with van der Waals surface area (Å²) in [5.41, 5.74) is 0.411. The first kappa shape index (κ1) is 10.2. The summed E-state index contributed by atoms with van der Waals surface area (Å²) in [5.74, 6) is 0.931. The lowest BCUT2D eigenvalue weighted by Crippen LogP contribution is -1.97. The number of nitro groups is 1. The van der Waals surface area contributed by atoms with Crippen LogP contribution in [-0.4, -0.2) is 17.0 Å². The quantitative estimate of drug-likeness (QED) is 0.632. The van der Waals surface area contributed by atoms with Crippen LogP contribution in [0.25, 0.3) is 11.5 Å². The number of rotatable bonds is 3. The summed E-state index contributed by atoms with van der Waals surface area (Å²) in [6.45, 7) is 0. The van der Waals surface area contributed by atoms with Crippen LogP contribution in [-0.2, 0) is 0 Å². The Balaban J connectivity index is 2.53. The van der Waals surface area contributed by atoms with E-state index in [-0.39, 0.29) is 5.69 Å². The van der Waals surface area contributed by atoms with Gasteiger partial charge in [-0.2, -0.15) is 0 Å². The molecule has 0 aliphatic heterocycles. The third-order valence-corrected chi connectivity index (χ3v) is 2.05. The summed E-state index contributed by atoms with van der Waals surface area (Å²) >= 11 is 0. The second kappa shape index (κ2) is 4.01. The first-order valence-electron chi connectivity index (χ1n) is 4.59. The van der Waals surface area contributed by atoms with Crippen molar-refractivity contribution >= 4 is 11.5 Å². The minimum Gasteiger partial charge on any atom is -0.463 e. The molecule has 2 heterocycles. The highest BCUT2D eigenvalue weighted by Crippen LogP contribution is 2.25. The number of anilines is 1. The topological polar surface area (TPSA) is 81.2 Å². The van der Waals surface area contributed by atoms with Crippen LogP contribution in [0.5, 0.6) is 0 Å². The van der Waals surface area contributed by atoms with Crippen LogP contribution in [0.4, 0.5) is 11.5 Å². The van der Waals surface area contributed by atoms with Crippen molar-refractivity contribution in [2.24, 2.45) is 0 Å². The molecule has 0 spiro atoms. The molecular weight excluding hydrogens is 210 g/mol. The third kappa shape index (κ3) is 1.85. The van der Waals surface area contributed by atoms with Gasteiger partial charge in [-0.1, -0.05) is 0 Å². The molecule has 0 atom stereocenters. The van der Waals surface area contributed by atoms with Crippen LogP contribution >= 0.6 is 0 Å². The monoisotopic (exact) mass is 219 g/mol. The minimum absolute atomic E-state index is 0.0225. The van der Waals surface area contributed by atoms with Crippen LogP contribution in [0, 0.1) is 10.1 Å². The third-order valence-electron chi connectivity index (χ3n) is 2.05. The Morgan fingerprint density at radius 2 is 2.31 bits per heavy atom. The van der Waals surface area contributed by atoms with Gasteiger partial charge in [0.15, 0.2) is 5.76 Å². The average molecular weight is 219 g/mol. The lowest BCUT2D eigenvalue weighted by atomic mass is 10.2. The van der Waals surface area contributed by atoms with Gasteiger partial charge in [-0.3, -0.25) is 10.1 Å². The Morgan fingerprint density at radius 1 is 1.50 bits per heavy atom. The highest BCUT2D eigenvalue weighted by atomic mass is 16.6. The second-order valence-electron chi connectivity index (χ2n) is 3.08. The van der Waals surface area contributed by atoms with Crippen LogP contribution in [0.15, 0.2) is 34.9 Å². The molecule has 2 aromatic rings. The molecule has 0 bridgehead atoms. The SMILES string of the molecule is CNc1cc([N+](=O)[O-])cc(-c2ccco2)n1. The molecule has 0 unspecified atom stereocenters. The fourth-order valence-electron chi connectivity index (χ4n) is 1.30. The van der Waals surface area contributed by atoms with Crippen LogP contribution in [0.2, 0.25) is 0 Å². The van der Waals surface area contributed by atoms with Gasteiger partial charge >= 0.3 is 0 Å². The molecule has 1 N–H and O–H groups in total. The van der Waals surface area contributed by atoms with Crippen LogP contribution < -0.4 is 5.32 Å². The van der Waals surface area contributed by atoms with Crippen molar-refractivity contribution in [2.75, 3.05) is 12.4 Å². The number of furan rings is 1. The van der Waals surface area contributed by atoms with Gasteiger partial charge in [-0.05, 0) is 12.1 Å². The fourth-order valence-corrected chi connectivity index (χ4v) is 1.30. The normalized spacial score (nSPS) is 10.1. The van der Waals surface area contributed by atoms with Gasteiger partial charge in [0.2, 0.25) is 0 Å². The lowest BCUT2D eigenvalue weighted by Gasteiger charge is -2.02. The zero-order valence-corrected chi connectivity index (χ0v) is 8.51. The molecule has 16 heavy (non-hydrogen) atoms. The van der Waals surface area contributed by atoms with Crippen molar-refractivity contribution in [3.63, 3.8) is 0 Å². The Kier molecular flexibility index (Phi) is 2.55. The molecule has 0 saturated carbocycles. The molecular formula is C10H9N3O3. The maximum Gasteiger partial charge on any atom is 0.275 e. The largest absolute Gasteiger partial charge is 0.463 e. The number of pyridine rings is 1. The molecule has 6 heteroatoms. The molecule has 0 saturated heterocycles. The van der Waals surface area contributed by atoms with Crippen molar-refractivity contribution < 1.29 is 9.34 Å². The van der Waals surface area contributed by atoms with E-state index < -0.39 is 4.92 Å². The highest BCUT2D eigenvalue weighted by Gasteiger charge is 2.13. The van der Waals surface area contributed by atoms with Gasteiger partial charge in [0, 0.05) is 13.1 Å². The Bertz CT molecular complexity index is 508. The van der Waals surface area contributed by atoms with E-state index in [2.05, 4.69) is 10.3 Å². The molecule has 0 amide bonds. The summed E-state index contributed by atoms with van der Waals surface area (Å²) < 4.78 is 5.14. The van der Waals surface area contributed by atoms with Crippen molar-refractivity contribution in [1.29, 1.82) is 0 Å². The summed E-state index contributed by atoms with van der Waals surface area (Å²) in [4.78, 5) is 14.4. The summed E-state index contributed by atoms with van der Waals surface area (Å²) in [5, 5.41) is 13.5. The smallest absolute Gasteiger partial charge is 0.275 e. The molecule has 0 aromatic carbocycles. The van der Waals surface area contributed by atoms with Gasteiger partial charge in [-0.15, -0.1) is 0 Å². The van der Waals surface area contributed by atoms with Crippen molar-refractivity contribution in [2.45, 2.75) is 0 Å². The number of nitrogens with zero attached hydrogens (tertiary/aromatic N) is 2. The maximum atomic E-state index is 10.7. The van der Waals surface area contributed by atoms with Crippen molar-refractivity contribution in [3.8, 4) is 11.5 Å². The summed E-state index contributed by atoms with van der Waals surface area (Å²) in [6.07, 6.45) is 1.49. The molecule has 2 aromatic heterocycles. The Labute approximate surface area is 91.1 Å². The van der Waals surface area contributed by atoms with E-state index in [1.807, 2.05) is 0 Å². The Morgan fingerprint density at radius 3 is 2.88 bits per heavy atom. The average Bonchev–Trinajstić information content (AvgIpc) is 2.81. The number of hydrogen-bond donors (Lipinski definition) is 1. The zero-order chi connectivity index (χ0) is 11.5. The zero-order valence-electron chi connectivity index (χ0n) is 8.51. The van der Waals surface area contributed by atoms with Crippen molar-refractivity contribution in [1.82, 2.24) is 4.98 Å². The van der Waals surface area contributed by atoms with E-state index in [1.54, 1.807) is 19.2 Å². The van der Waals surface area contributed by atoms with E-state index >= 15 is 0 Å². The molecule has 0 aliphatic carbocycles. The van der Waals surface area contributed by atoms with E-state index in [4.69, 9.17) is 4.42 Å². The molecule has 2 rings (SSSR count). The Hall–Kier alpha value is -2.37. The molecule has 6 nitrogen and oxygen atoms in total. The van der Waals surface area contributed by atoms with Gasteiger partial charge in [0.1, 0.15) is 11.5 Å². The molecule has 0 radical (unpaired) electrons. The van der Waals surface area contributed by atoms with E-state index in [0.29, 0.717) is 17.3 Å². The number of hydrogen-bond acceptors (Lipinski definition) is 5. The van der Waals surface area contributed by atoms with Crippen LogP contribution in [0.1, 0.15) is 0 Å². The maximum absolute atomic E-state index is 10.7. The molecule has 0 aliphatic rings. The highest BCUT2D eigenvalue weighted by molar-refractivity contribution is 5.60. The van der Waals surface area contributed by atoms with Crippen molar-refractivity contribution in [3.05, 3.63) is 40.6 Å². The molecule has 0 fully saturated rings. The van der Waals surface area contributed by atoms with E-state index in [0.717, 1.165) is 0 Å². The fraction of sp³-hybridized carbons (Fsp3) is 0.100. The lowest BCUT2D eigenvalue weighted by molar-refractivity contribution is -0.384. The van der Waals surface area contributed by atoms with Gasteiger partial charge in [0.25, 0.3) is 5.69 Å². The predicted octanol–water partition coefficient (Wildman–Crippen LogP) is 2.29. The summed E-state index contributed by atoms with van der Waals surface area (Å²) in [6, 6.07) is 6.15. The number of nitrogens with one attached hydrogen (secondary N) is 1. The van der Waals surface area contributed by atoms with Crippen LogP contribution in [0.3, 0.4) is 0 Å².